The number of aromatic nitrogens is 4. The number of hydrogen-bond acceptors (Lipinski definition) is 5. The monoisotopic (exact) mass is 451 g/mol. The molecule has 1 saturated heterocycles. The number of Topliss-reactive ketones (excluding diaryl/α,β-unsaturated/α-hetero) is 1. The lowest BCUT2D eigenvalue weighted by atomic mass is 9.90. The minimum Gasteiger partial charge on any atom is -0.493 e. The van der Waals surface area contributed by atoms with E-state index in [0.717, 1.165) is 29.6 Å². The highest BCUT2D eigenvalue weighted by atomic mass is 35.5. The van der Waals surface area contributed by atoms with Crippen LogP contribution in [-0.4, -0.2) is 45.2 Å². The SMILES string of the molecule is O=C(c1cn(C2CNC2)c2cc(-c3c[nH]nc3Cl)ncc12)C1COc2ccc(F)cc2C1. The van der Waals surface area contributed by atoms with Crippen LogP contribution >= 0.6 is 11.6 Å². The number of ether oxygens (including phenoxy) is 1. The van der Waals surface area contributed by atoms with Crippen molar-refractivity contribution < 1.29 is 13.9 Å². The molecule has 0 saturated carbocycles. The van der Waals surface area contributed by atoms with Gasteiger partial charge in [-0.15, -0.1) is 0 Å². The number of hydrogen-bond donors (Lipinski definition) is 2. The number of nitrogens with zero attached hydrogens (tertiary/aromatic N) is 3. The zero-order valence-electron chi connectivity index (χ0n) is 16.9. The molecule has 1 unspecified atom stereocenters. The highest BCUT2D eigenvalue weighted by Gasteiger charge is 2.31. The van der Waals surface area contributed by atoms with Crippen molar-refractivity contribution in [3.8, 4) is 17.0 Å². The molecule has 2 aliphatic rings. The van der Waals surface area contributed by atoms with Gasteiger partial charge in [-0.2, -0.15) is 5.10 Å². The molecule has 0 bridgehead atoms. The molecule has 0 spiro atoms. The van der Waals surface area contributed by atoms with Crippen LogP contribution in [0, 0.1) is 11.7 Å². The fraction of sp³-hybridized carbons (Fsp3) is 0.261. The van der Waals surface area contributed by atoms with Crippen LogP contribution in [0.25, 0.3) is 22.2 Å². The predicted molar refractivity (Wildman–Crippen MR) is 118 cm³/mol. The summed E-state index contributed by atoms with van der Waals surface area (Å²) in [5, 5.41) is 11.1. The molecule has 6 rings (SSSR count). The van der Waals surface area contributed by atoms with E-state index in [1.807, 2.05) is 12.3 Å². The molecule has 3 aromatic heterocycles. The summed E-state index contributed by atoms with van der Waals surface area (Å²) in [6, 6.07) is 6.64. The van der Waals surface area contributed by atoms with E-state index in [4.69, 9.17) is 16.3 Å². The summed E-state index contributed by atoms with van der Waals surface area (Å²) < 4.78 is 21.6. The number of H-pyrrole nitrogens is 1. The highest BCUT2D eigenvalue weighted by molar-refractivity contribution is 6.32. The number of carbonyl (C=O) groups excluding carboxylic acids is 1. The molecule has 0 radical (unpaired) electrons. The van der Waals surface area contributed by atoms with E-state index < -0.39 is 0 Å². The number of aromatic amines is 1. The van der Waals surface area contributed by atoms with Crippen molar-refractivity contribution in [2.75, 3.05) is 19.7 Å². The average molecular weight is 452 g/mol. The largest absolute Gasteiger partial charge is 0.493 e. The van der Waals surface area contributed by atoms with Gasteiger partial charge in [0.05, 0.1) is 35.3 Å². The predicted octanol–water partition coefficient (Wildman–Crippen LogP) is 3.80. The summed E-state index contributed by atoms with van der Waals surface area (Å²) in [5.74, 6) is -0.0939. The van der Waals surface area contributed by atoms with Crippen molar-refractivity contribution in [3.05, 3.63) is 65.0 Å². The number of nitrogens with one attached hydrogen (secondary N) is 2. The van der Waals surface area contributed by atoms with Crippen molar-refractivity contribution >= 4 is 28.3 Å². The number of benzene rings is 1. The quantitative estimate of drug-likeness (QED) is 0.461. The van der Waals surface area contributed by atoms with E-state index >= 15 is 0 Å². The van der Waals surface area contributed by atoms with Crippen LogP contribution in [0.3, 0.4) is 0 Å². The minimum atomic E-state index is -0.383. The number of pyridine rings is 1. The zero-order chi connectivity index (χ0) is 21.8. The number of fused-ring (bicyclic) bond motifs is 2. The van der Waals surface area contributed by atoms with Crippen molar-refractivity contribution in [1.29, 1.82) is 0 Å². The highest BCUT2D eigenvalue weighted by Crippen LogP contribution is 2.34. The molecule has 1 fully saturated rings. The zero-order valence-corrected chi connectivity index (χ0v) is 17.7. The Bertz CT molecular complexity index is 1360. The molecule has 0 aliphatic carbocycles. The van der Waals surface area contributed by atoms with Crippen LogP contribution < -0.4 is 10.1 Å². The van der Waals surface area contributed by atoms with Crippen LogP contribution in [-0.2, 0) is 6.42 Å². The van der Waals surface area contributed by atoms with Gasteiger partial charge < -0.3 is 14.6 Å². The average Bonchev–Trinajstić information content (AvgIpc) is 3.35. The Morgan fingerprint density at radius 1 is 1.28 bits per heavy atom. The van der Waals surface area contributed by atoms with Crippen molar-refractivity contribution in [1.82, 2.24) is 25.1 Å². The summed E-state index contributed by atoms with van der Waals surface area (Å²) in [5.41, 5.74) is 3.65. The molecule has 0 amide bonds. The maximum atomic E-state index is 13.7. The van der Waals surface area contributed by atoms with Crippen LogP contribution in [0.1, 0.15) is 22.0 Å². The van der Waals surface area contributed by atoms with Gasteiger partial charge in [0.1, 0.15) is 11.6 Å². The van der Waals surface area contributed by atoms with E-state index in [1.165, 1.54) is 12.1 Å². The molecule has 1 atom stereocenters. The van der Waals surface area contributed by atoms with Gasteiger partial charge in [0.2, 0.25) is 0 Å². The molecule has 2 N–H and O–H groups in total. The Balaban J connectivity index is 1.41. The molecular formula is C23H19ClFN5O2. The maximum Gasteiger partial charge on any atom is 0.171 e. The third kappa shape index (κ3) is 3.10. The first-order valence-electron chi connectivity index (χ1n) is 10.4. The van der Waals surface area contributed by atoms with Gasteiger partial charge in [-0.3, -0.25) is 14.9 Å². The van der Waals surface area contributed by atoms with Crippen molar-refractivity contribution in [3.63, 3.8) is 0 Å². The Hall–Kier alpha value is -3.23. The van der Waals surface area contributed by atoms with E-state index in [0.29, 0.717) is 34.1 Å². The van der Waals surface area contributed by atoms with Gasteiger partial charge in [0.15, 0.2) is 10.9 Å². The fourth-order valence-corrected chi connectivity index (χ4v) is 4.66. The summed E-state index contributed by atoms with van der Waals surface area (Å²) >= 11 is 6.18. The third-order valence-electron chi connectivity index (χ3n) is 6.31. The van der Waals surface area contributed by atoms with Crippen LogP contribution in [0.4, 0.5) is 4.39 Å². The molecule has 2 aliphatic heterocycles. The van der Waals surface area contributed by atoms with Gasteiger partial charge in [0.25, 0.3) is 0 Å². The lowest BCUT2D eigenvalue weighted by molar-refractivity contribution is 0.0856. The van der Waals surface area contributed by atoms with Gasteiger partial charge >= 0.3 is 0 Å². The molecule has 162 valence electrons. The standard InChI is InChI=1S/C23H19ClFN5O2/c24-23-17(9-28-29-23)19-5-20-16(8-27-19)18(10-30(20)15-6-26-7-15)22(31)13-3-12-4-14(25)1-2-21(12)32-11-13/h1-2,4-5,8-10,13,15,26H,3,6-7,11H2,(H,28,29). The van der Waals surface area contributed by atoms with Crippen molar-refractivity contribution in [2.45, 2.75) is 12.5 Å². The molecule has 7 nitrogen and oxygen atoms in total. The number of ketones is 1. The molecule has 1 aromatic carbocycles. The number of halogens is 2. The Kier molecular flexibility index (Phi) is 4.51. The topological polar surface area (TPSA) is 84.8 Å². The van der Waals surface area contributed by atoms with Crippen LogP contribution in [0.2, 0.25) is 5.15 Å². The minimum absolute atomic E-state index is 0.0214. The second kappa shape index (κ2) is 7.43. The summed E-state index contributed by atoms with van der Waals surface area (Å²) in [4.78, 5) is 18.1. The molecule has 5 heterocycles. The maximum absolute atomic E-state index is 13.7. The first-order valence-corrected chi connectivity index (χ1v) is 10.8. The number of rotatable bonds is 4. The summed E-state index contributed by atoms with van der Waals surface area (Å²) in [6.07, 6.45) is 5.79. The fourth-order valence-electron chi connectivity index (χ4n) is 4.46. The Morgan fingerprint density at radius 3 is 2.91 bits per heavy atom. The smallest absolute Gasteiger partial charge is 0.171 e. The van der Waals surface area contributed by atoms with Gasteiger partial charge in [-0.1, -0.05) is 11.6 Å². The van der Waals surface area contributed by atoms with E-state index in [1.54, 1.807) is 18.5 Å². The normalized spacial score (nSPS) is 18.2. The van der Waals surface area contributed by atoms with E-state index in [2.05, 4.69) is 25.1 Å². The number of carbonyl (C=O) groups is 1. The lowest BCUT2D eigenvalue weighted by Gasteiger charge is -2.29. The second-order valence-corrected chi connectivity index (χ2v) is 8.62. The van der Waals surface area contributed by atoms with Crippen LogP contribution in [0.5, 0.6) is 5.75 Å². The Labute approximate surface area is 187 Å². The van der Waals surface area contributed by atoms with Crippen LogP contribution in [0.15, 0.2) is 42.9 Å². The second-order valence-electron chi connectivity index (χ2n) is 8.27. The van der Waals surface area contributed by atoms with E-state index in [9.17, 15) is 9.18 Å². The summed E-state index contributed by atoms with van der Waals surface area (Å²) in [6.45, 7) is 1.94. The first kappa shape index (κ1) is 19.5. The van der Waals surface area contributed by atoms with Gasteiger partial charge in [-0.05, 0) is 36.2 Å². The lowest BCUT2D eigenvalue weighted by Crippen LogP contribution is -2.43. The van der Waals surface area contributed by atoms with Gasteiger partial charge in [-0.25, -0.2) is 4.39 Å². The first-order chi connectivity index (χ1) is 15.6. The van der Waals surface area contributed by atoms with Gasteiger partial charge in [0, 0.05) is 42.6 Å². The van der Waals surface area contributed by atoms with E-state index in [-0.39, 0.29) is 30.2 Å². The third-order valence-corrected chi connectivity index (χ3v) is 6.60. The molecule has 4 aromatic rings. The van der Waals surface area contributed by atoms with Crippen molar-refractivity contribution in [2.24, 2.45) is 5.92 Å². The molecular weight excluding hydrogens is 433 g/mol. The molecule has 32 heavy (non-hydrogen) atoms. The summed E-state index contributed by atoms with van der Waals surface area (Å²) in [7, 11) is 0. The molecule has 9 heteroatoms. The Morgan fingerprint density at radius 2 is 2.16 bits per heavy atom.